The first kappa shape index (κ1) is 27.8. The molecule has 1 aliphatic rings. The number of nitrogens with zero attached hydrogens (tertiary/aromatic N) is 4. The smallest absolute Gasteiger partial charge is 0.435 e. The number of nitrogens with two attached hydrogens (primary N) is 1. The highest BCUT2D eigenvalue weighted by Crippen LogP contribution is 2.36. The van der Waals surface area contributed by atoms with Gasteiger partial charge in [-0.15, -0.1) is 0 Å². The fourth-order valence-corrected chi connectivity index (χ4v) is 4.64. The lowest BCUT2D eigenvalue weighted by molar-refractivity contribution is -0.141. The van der Waals surface area contributed by atoms with Crippen LogP contribution in [0.15, 0.2) is 79.1 Å². The molecule has 12 heteroatoms. The van der Waals surface area contributed by atoms with Crippen molar-refractivity contribution in [1.82, 2.24) is 19.7 Å². The molecule has 41 heavy (non-hydrogen) atoms. The van der Waals surface area contributed by atoms with Crippen molar-refractivity contribution in [3.8, 4) is 5.69 Å². The van der Waals surface area contributed by atoms with Crippen LogP contribution < -0.4 is 11.1 Å². The summed E-state index contributed by atoms with van der Waals surface area (Å²) in [6.07, 6.45) is -0.799. The number of nitrogens with one attached hydrogen (secondary N) is 1. The van der Waals surface area contributed by atoms with Crippen molar-refractivity contribution in [2.75, 3.05) is 11.9 Å². The first-order valence-electron chi connectivity index (χ1n) is 12.9. The maximum atomic E-state index is 13.6. The molecule has 0 bridgehead atoms. The number of benzene rings is 2. The Hall–Kier alpha value is -4.71. The predicted octanol–water partition coefficient (Wildman–Crippen LogP) is 5.48. The van der Waals surface area contributed by atoms with Gasteiger partial charge in [0.15, 0.2) is 5.69 Å². The van der Waals surface area contributed by atoms with E-state index in [0.29, 0.717) is 29.3 Å². The van der Waals surface area contributed by atoms with Crippen LogP contribution in [0.2, 0.25) is 0 Å². The Kier molecular flexibility index (Phi) is 7.75. The molecule has 4 N–H and O–H groups in total. The van der Waals surface area contributed by atoms with Crippen molar-refractivity contribution in [2.24, 2.45) is 11.7 Å². The largest absolute Gasteiger partial charge is 0.465 e. The Morgan fingerprint density at radius 1 is 1.07 bits per heavy atom. The molecule has 9 nitrogen and oxygen atoms in total. The molecule has 4 aromatic rings. The van der Waals surface area contributed by atoms with E-state index in [1.165, 1.54) is 11.0 Å². The molecule has 2 heterocycles. The van der Waals surface area contributed by atoms with Crippen LogP contribution in [0.25, 0.3) is 5.69 Å². The average Bonchev–Trinajstić information content (AvgIpc) is 3.66. The molecule has 1 aliphatic carbocycles. The molecule has 2 aromatic heterocycles. The summed E-state index contributed by atoms with van der Waals surface area (Å²) in [6, 6.07) is 16.5. The summed E-state index contributed by atoms with van der Waals surface area (Å²) < 4.78 is 41.7. The van der Waals surface area contributed by atoms with Crippen LogP contribution in [-0.4, -0.2) is 43.3 Å². The number of pyridine rings is 1. The van der Waals surface area contributed by atoms with E-state index in [1.54, 1.807) is 67.0 Å². The SMILES string of the molecule is NCc1cccc(-n2nc(C(F)(F)F)cc2C(=O)Nc2cccc(C(c3cccnc3)N(CC3CC3)C(=O)O)c2)c1. The number of hydrogen-bond donors (Lipinski definition) is 3. The van der Waals surface area contributed by atoms with Gasteiger partial charge in [-0.25, -0.2) is 9.48 Å². The molecule has 0 radical (unpaired) electrons. The van der Waals surface area contributed by atoms with Gasteiger partial charge in [0.1, 0.15) is 5.69 Å². The average molecular weight is 565 g/mol. The summed E-state index contributed by atoms with van der Waals surface area (Å²) in [7, 11) is 0. The van der Waals surface area contributed by atoms with Gasteiger partial charge in [-0.05, 0) is 65.8 Å². The van der Waals surface area contributed by atoms with E-state index in [2.05, 4.69) is 15.4 Å². The van der Waals surface area contributed by atoms with Crippen molar-refractivity contribution in [2.45, 2.75) is 31.6 Å². The van der Waals surface area contributed by atoms with Crippen molar-refractivity contribution in [1.29, 1.82) is 0 Å². The van der Waals surface area contributed by atoms with Gasteiger partial charge < -0.3 is 16.2 Å². The van der Waals surface area contributed by atoms with E-state index < -0.39 is 29.9 Å². The van der Waals surface area contributed by atoms with E-state index in [0.717, 1.165) is 17.5 Å². The van der Waals surface area contributed by atoms with Gasteiger partial charge in [0.2, 0.25) is 0 Å². The zero-order valence-electron chi connectivity index (χ0n) is 21.8. The van der Waals surface area contributed by atoms with Gasteiger partial charge in [-0.2, -0.15) is 18.3 Å². The zero-order valence-corrected chi connectivity index (χ0v) is 21.8. The third kappa shape index (κ3) is 6.38. The number of carbonyl (C=O) groups excluding carboxylic acids is 1. The van der Waals surface area contributed by atoms with Crippen molar-refractivity contribution in [3.63, 3.8) is 0 Å². The van der Waals surface area contributed by atoms with Crippen LogP contribution in [0.3, 0.4) is 0 Å². The monoisotopic (exact) mass is 564 g/mol. The summed E-state index contributed by atoms with van der Waals surface area (Å²) >= 11 is 0. The standard InChI is InChI=1S/C29H27F3N6O3/c30-29(31,32)25-14-24(38(36-25)23-8-1-4-19(12-23)15-33)27(39)35-22-7-2-5-20(13-22)26(21-6-3-11-34-16-21)37(28(40)41)17-18-9-10-18/h1-8,11-14,16,18,26H,9-10,15,17,33H2,(H,35,39)(H,40,41). The second kappa shape index (κ2) is 11.4. The lowest BCUT2D eigenvalue weighted by Crippen LogP contribution is -2.36. The molecule has 2 amide bonds. The maximum absolute atomic E-state index is 13.6. The van der Waals surface area contributed by atoms with Gasteiger partial charge in [-0.1, -0.05) is 30.3 Å². The molecule has 1 fully saturated rings. The number of hydrogen-bond acceptors (Lipinski definition) is 5. The number of rotatable bonds is 9. The Bertz CT molecular complexity index is 1550. The van der Waals surface area contributed by atoms with Gasteiger partial charge in [0, 0.05) is 37.2 Å². The summed E-state index contributed by atoms with van der Waals surface area (Å²) in [5, 5.41) is 16.4. The minimum absolute atomic E-state index is 0.155. The van der Waals surface area contributed by atoms with Crippen molar-refractivity contribution < 1.29 is 27.9 Å². The van der Waals surface area contributed by atoms with E-state index in [9.17, 15) is 27.9 Å². The lowest BCUT2D eigenvalue weighted by Gasteiger charge is -2.30. The van der Waals surface area contributed by atoms with E-state index in [4.69, 9.17) is 5.73 Å². The van der Waals surface area contributed by atoms with Crippen molar-refractivity contribution >= 4 is 17.7 Å². The minimum atomic E-state index is -4.77. The third-order valence-corrected chi connectivity index (χ3v) is 6.79. The van der Waals surface area contributed by atoms with E-state index >= 15 is 0 Å². The van der Waals surface area contributed by atoms with Gasteiger partial charge in [0.05, 0.1) is 11.7 Å². The second-order valence-electron chi connectivity index (χ2n) is 9.85. The number of aromatic nitrogens is 3. The molecule has 0 spiro atoms. The first-order valence-corrected chi connectivity index (χ1v) is 12.9. The number of amides is 2. The first-order chi connectivity index (χ1) is 19.6. The van der Waals surface area contributed by atoms with E-state index in [1.807, 2.05) is 0 Å². The molecule has 1 atom stereocenters. The third-order valence-electron chi connectivity index (χ3n) is 6.79. The maximum Gasteiger partial charge on any atom is 0.435 e. The molecule has 1 saturated carbocycles. The Morgan fingerprint density at radius 2 is 1.83 bits per heavy atom. The minimum Gasteiger partial charge on any atom is -0.465 e. The number of alkyl halides is 3. The van der Waals surface area contributed by atoms with Crippen molar-refractivity contribution in [3.05, 3.63) is 107 Å². The fraction of sp³-hybridized carbons (Fsp3) is 0.241. The Morgan fingerprint density at radius 3 is 2.49 bits per heavy atom. The molecular formula is C29H27F3N6O3. The van der Waals surface area contributed by atoms with Crippen LogP contribution >= 0.6 is 0 Å². The molecule has 1 unspecified atom stereocenters. The highest BCUT2D eigenvalue weighted by Gasteiger charge is 2.36. The number of halogens is 3. The second-order valence-corrected chi connectivity index (χ2v) is 9.85. The summed E-state index contributed by atoms with van der Waals surface area (Å²) in [6.45, 7) is 0.495. The summed E-state index contributed by atoms with van der Waals surface area (Å²) in [4.78, 5) is 31.2. The number of anilines is 1. The molecule has 0 saturated heterocycles. The molecule has 2 aromatic carbocycles. The van der Waals surface area contributed by atoms with Gasteiger partial charge in [0.25, 0.3) is 5.91 Å². The predicted molar refractivity (Wildman–Crippen MR) is 144 cm³/mol. The topological polar surface area (TPSA) is 126 Å². The van der Waals surface area contributed by atoms with Crippen LogP contribution in [0.5, 0.6) is 0 Å². The van der Waals surface area contributed by atoms with Crippen LogP contribution in [-0.2, 0) is 12.7 Å². The summed E-state index contributed by atoms with van der Waals surface area (Å²) in [5.41, 5.74) is 6.52. The summed E-state index contributed by atoms with van der Waals surface area (Å²) in [5.74, 6) is -0.552. The highest BCUT2D eigenvalue weighted by atomic mass is 19.4. The van der Waals surface area contributed by atoms with Crippen LogP contribution in [0, 0.1) is 5.92 Å². The fourth-order valence-electron chi connectivity index (χ4n) is 4.64. The highest BCUT2D eigenvalue weighted by molar-refractivity contribution is 6.03. The van der Waals surface area contributed by atoms with Crippen LogP contribution in [0.1, 0.15) is 51.8 Å². The normalized spacial score (nSPS) is 14.0. The quantitative estimate of drug-likeness (QED) is 0.247. The molecule has 5 rings (SSSR count). The lowest BCUT2D eigenvalue weighted by atomic mass is 9.97. The number of carboxylic acid groups (broad SMARTS) is 1. The van der Waals surface area contributed by atoms with E-state index in [-0.39, 0.29) is 29.5 Å². The zero-order chi connectivity index (χ0) is 29.1. The Labute approximate surface area is 233 Å². The Balaban J connectivity index is 1.50. The van der Waals surface area contributed by atoms with Gasteiger partial charge in [-0.3, -0.25) is 14.7 Å². The molecule has 0 aliphatic heterocycles. The van der Waals surface area contributed by atoms with Gasteiger partial charge >= 0.3 is 12.3 Å². The number of carbonyl (C=O) groups is 2. The molecular weight excluding hydrogens is 537 g/mol. The van der Waals surface area contributed by atoms with Crippen LogP contribution in [0.4, 0.5) is 23.7 Å². The molecule has 212 valence electrons.